The minimum absolute atomic E-state index is 0.0216. The number of benzene rings is 1. The highest BCUT2D eigenvalue weighted by atomic mass is 16.5. The Hall–Kier alpha value is -1.81. The Morgan fingerprint density at radius 1 is 1.35 bits per heavy atom. The molecule has 4 nitrogen and oxygen atoms in total. The second-order valence-electron chi connectivity index (χ2n) is 5.43. The van der Waals surface area contributed by atoms with Crippen molar-refractivity contribution in [2.75, 3.05) is 19.8 Å². The van der Waals surface area contributed by atoms with E-state index in [0.717, 1.165) is 49.1 Å². The number of aryl methyl sites for hydroxylation is 1. The molecule has 106 valence electrons. The SMILES string of the molecule is Cn1ccc2c(C(=O)NCC3CCOCC3)cccc21. The molecule has 2 aromatic rings. The number of rotatable bonds is 3. The molecule has 1 aliphatic heterocycles. The zero-order valence-electron chi connectivity index (χ0n) is 11.8. The van der Waals surface area contributed by atoms with Gasteiger partial charge in [0.1, 0.15) is 0 Å². The summed E-state index contributed by atoms with van der Waals surface area (Å²) in [5, 5.41) is 4.08. The van der Waals surface area contributed by atoms with Crippen molar-refractivity contribution in [1.82, 2.24) is 9.88 Å². The van der Waals surface area contributed by atoms with E-state index >= 15 is 0 Å². The number of amides is 1. The van der Waals surface area contributed by atoms with Crippen LogP contribution in [-0.4, -0.2) is 30.2 Å². The Kier molecular flexibility index (Phi) is 3.74. The van der Waals surface area contributed by atoms with Gasteiger partial charge in [0, 0.05) is 49.5 Å². The molecule has 0 spiro atoms. The molecule has 2 heterocycles. The zero-order chi connectivity index (χ0) is 13.9. The predicted molar refractivity (Wildman–Crippen MR) is 78.8 cm³/mol. The molecule has 3 rings (SSSR count). The van der Waals surface area contributed by atoms with Crippen molar-refractivity contribution in [2.24, 2.45) is 13.0 Å². The van der Waals surface area contributed by atoms with Crippen molar-refractivity contribution < 1.29 is 9.53 Å². The van der Waals surface area contributed by atoms with Crippen LogP contribution in [0.25, 0.3) is 10.9 Å². The smallest absolute Gasteiger partial charge is 0.251 e. The van der Waals surface area contributed by atoms with E-state index in [2.05, 4.69) is 5.32 Å². The van der Waals surface area contributed by atoms with E-state index in [1.807, 2.05) is 42.1 Å². The van der Waals surface area contributed by atoms with Crippen molar-refractivity contribution >= 4 is 16.8 Å². The highest BCUT2D eigenvalue weighted by Crippen LogP contribution is 2.20. The highest BCUT2D eigenvalue weighted by molar-refractivity contribution is 6.06. The average Bonchev–Trinajstić information content (AvgIpc) is 2.87. The van der Waals surface area contributed by atoms with Gasteiger partial charge in [0.25, 0.3) is 5.91 Å². The average molecular weight is 272 g/mol. The van der Waals surface area contributed by atoms with Crippen LogP contribution < -0.4 is 5.32 Å². The number of carbonyl (C=O) groups excluding carboxylic acids is 1. The maximum absolute atomic E-state index is 12.4. The summed E-state index contributed by atoms with van der Waals surface area (Å²) in [6.07, 6.45) is 4.06. The second-order valence-corrected chi connectivity index (χ2v) is 5.43. The van der Waals surface area contributed by atoms with Crippen LogP contribution >= 0.6 is 0 Å². The largest absolute Gasteiger partial charge is 0.381 e. The van der Waals surface area contributed by atoms with Crippen LogP contribution in [-0.2, 0) is 11.8 Å². The van der Waals surface area contributed by atoms with Crippen molar-refractivity contribution in [1.29, 1.82) is 0 Å². The number of hydrogen-bond donors (Lipinski definition) is 1. The maximum atomic E-state index is 12.4. The first-order chi connectivity index (χ1) is 9.75. The minimum Gasteiger partial charge on any atom is -0.381 e. The number of fused-ring (bicyclic) bond motifs is 1. The third-order valence-corrected chi connectivity index (χ3v) is 4.06. The highest BCUT2D eigenvalue weighted by Gasteiger charge is 2.16. The van der Waals surface area contributed by atoms with E-state index in [1.54, 1.807) is 0 Å². The number of nitrogens with one attached hydrogen (secondary N) is 1. The molecule has 0 saturated carbocycles. The lowest BCUT2D eigenvalue weighted by atomic mass is 10.00. The van der Waals surface area contributed by atoms with Crippen LogP contribution in [0.4, 0.5) is 0 Å². The van der Waals surface area contributed by atoms with E-state index in [0.29, 0.717) is 5.92 Å². The van der Waals surface area contributed by atoms with Gasteiger partial charge in [0.15, 0.2) is 0 Å². The lowest BCUT2D eigenvalue weighted by Crippen LogP contribution is -2.32. The Morgan fingerprint density at radius 3 is 2.95 bits per heavy atom. The zero-order valence-corrected chi connectivity index (χ0v) is 11.8. The molecule has 1 aliphatic rings. The fraction of sp³-hybridized carbons (Fsp3) is 0.438. The van der Waals surface area contributed by atoms with Gasteiger partial charge in [-0.3, -0.25) is 4.79 Å². The van der Waals surface area contributed by atoms with Gasteiger partial charge in [-0.1, -0.05) is 6.07 Å². The molecule has 20 heavy (non-hydrogen) atoms. The molecule has 4 heteroatoms. The molecule has 0 aliphatic carbocycles. The molecule has 0 atom stereocenters. The van der Waals surface area contributed by atoms with E-state index in [4.69, 9.17) is 4.74 Å². The number of hydrogen-bond acceptors (Lipinski definition) is 2. The summed E-state index contributed by atoms with van der Waals surface area (Å²) in [6, 6.07) is 7.86. The number of carbonyl (C=O) groups is 1. The summed E-state index contributed by atoms with van der Waals surface area (Å²) in [5.74, 6) is 0.566. The minimum atomic E-state index is 0.0216. The monoisotopic (exact) mass is 272 g/mol. The molecular formula is C16H20N2O2. The summed E-state index contributed by atoms with van der Waals surface area (Å²) in [4.78, 5) is 12.4. The Bertz CT molecular complexity index is 612. The van der Waals surface area contributed by atoms with Gasteiger partial charge < -0.3 is 14.6 Å². The van der Waals surface area contributed by atoms with Crippen molar-refractivity contribution in [2.45, 2.75) is 12.8 Å². The Labute approximate surface area is 118 Å². The summed E-state index contributed by atoms with van der Waals surface area (Å²) < 4.78 is 7.37. The molecule has 1 aromatic heterocycles. The first-order valence-corrected chi connectivity index (χ1v) is 7.15. The van der Waals surface area contributed by atoms with Gasteiger partial charge in [-0.25, -0.2) is 0 Å². The second kappa shape index (κ2) is 5.67. The first-order valence-electron chi connectivity index (χ1n) is 7.15. The summed E-state index contributed by atoms with van der Waals surface area (Å²) in [6.45, 7) is 2.37. The topological polar surface area (TPSA) is 43.3 Å². The van der Waals surface area contributed by atoms with Gasteiger partial charge in [0.05, 0.1) is 0 Å². The van der Waals surface area contributed by atoms with Crippen LogP contribution in [0.3, 0.4) is 0 Å². The predicted octanol–water partition coefficient (Wildman–Crippen LogP) is 2.33. The van der Waals surface area contributed by atoms with Gasteiger partial charge in [-0.15, -0.1) is 0 Å². The molecular weight excluding hydrogens is 252 g/mol. The third-order valence-electron chi connectivity index (χ3n) is 4.06. The summed E-state index contributed by atoms with van der Waals surface area (Å²) in [5.41, 5.74) is 1.85. The lowest BCUT2D eigenvalue weighted by Gasteiger charge is -2.22. The molecule has 1 aromatic carbocycles. The lowest BCUT2D eigenvalue weighted by molar-refractivity contribution is 0.0643. The Morgan fingerprint density at radius 2 is 2.15 bits per heavy atom. The summed E-state index contributed by atoms with van der Waals surface area (Å²) in [7, 11) is 1.99. The van der Waals surface area contributed by atoms with Gasteiger partial charge in [0.2, 0.25) is 0 Å². The van der Waals surface area contributed by atoms with Crippen LogP contribution in [0, 0.1) is 5.92 Å². The first kappa shape index (κ1) is 13.2. The van der Waals surface area contributed by atoms with Crippen molar-refractivity contribution in [3.05, 3.63) is 36.0 Å². The number of ether oxygens (including phenoxy) is 1. The number of aromatic nitrogens is 1. The molecule has 1 saturated heterocycles. The maximum Gasteiger partial charge on any atom is 0.251 e. The molecule has 0 radical (unpaired) electrons. The van der Waals surface area contributed by atoms with Gasteiger partial charge in [-0.05, 0) is 37.0 Å². The molecule has 1 fully saturated rings. The van der Waals surface area contributed by atoms with E-state index in [9.17, 15) is 4.79 Å². The normalized spacial score (nSPS) is 16.4. The fourth-order valence-corrected chi connectivity index (χ4v) is 2.78. The van der Waals surface area contributed by atoms with Gasteiger partial charge >= 0.3 is 0 Å². The molecule has 1 amide bonds. The van der Waals surface area contributed by atoms with Crippen LogP contribution in [0.2, 0.25) is 0 Å². The van der Waals surface area contributed by atoms with E-state index in [1.165, 1.54) is 0 Å². The Balaban J connectivity index is 1.72. The standard InChI is InChI=1S/C16H20N2O2/c1-18-8-5-13-14(3-2-4-15(13)18)16(19)17-11-12-6-9-20-10-7-12/h2-5,8,12H,6-7,9-11H2,1H3,(H,17,19). The summed E-state index contributed by atoms with van der Waals surface area (Å²) >= 11 is 0. The number of nitrogens with zero attached hydrogens (tertiary/aromatic N) is 1. The van der Waals surface area contributed by atoms with Crippen molar-refractivity contribution in [3.63, 3.8) is 0 Å². The van der Waals surface area contributed by atoms with Crippen molar-refractivity contribution in [3.8, 4) is 0 Å². The molecule has 1 N–H and O–H groups in total. The molecule has 0 unspecified atom stereocenters. The molecule has 0 bridgehead atoms. The van der Waals surface area contributed by atoms with Crippen LogP contribution in [0.5, 0.6) is 0 Å². The van der Waals surface area contributed by atoms with Crippen LogP contribution in [0.1, 0.15) is 23.2 Å². The quantitative estimate of drug-likeness (QED) is 0.932. The van der Waals surface area contributed by atoms with E-state index < -0.39 is 0 Å². The van der Waals surface area contributed by atoms with Gasteiger partial charge in [-0.2, -0.15) is 0 Å². The van der Waals surface area contributed by atoms with Crippen LogP contribution in [0.15, 0.2) is 30.5 Å². The third kappa shape index (κ3) is 2.56. The fourth-order valence-electron chi connectivity index (χ4n) is 2.78. The van der Waals surface area contributed by atoms with E-state index in [-0.39, 0.29) is 5.91 Å².